The van der Waals surface area contributed by atoms with Crippen LogP contribution in [0.2, 0.25) is 0 Å². The van der Waals surface area contributed by atoms with Crippen molar-refractivity contribution in [1.29, 1.82) is 0 Å². The molecule has 1 unspecified atom stereocenters. The first kappa shape index (κ1) is 14.3. The van der Waals surface area contributed by atoms with Gasteiger partial charge in [-0.3, -0.25) is 0 Å². The van der Waals surface area contributed by atoms with Crippen LogP contribution in [0.3, 0.4) is 0 Å². The summed E-state index contributed by atoms with van der Waals surface area (Å²) in [6, 6.07) is 0. The van der Waals surface area contributed by atoms with Gasteiger partial charge < -0.3 is 29.6 Å². The normalized spacial score (nSPS) is 11.4. The Bertz CT molecular complexity index is 97.7. The fourth-order valence-corrected chi connectivity index (χ4v) is 0.464. The molecule has 0 rings (SSSR count). The molecular formula is C6H11KOS2. The third-order valence-electron chi connectivity index (χ3n) is 1.18. The van der Waals surface area contributed by atoms with E-state index < -0.39 is 0 Å². The van der Waals surface area contributed by atoms with E-state index >= 15 is 0 Å². The minimum Gasteiger partial charge on any atom is -0.513 e. The maximum Gasteiger partial charge on any atom is 1.00 e. The molecule has 1 atom stereocenters. The molecule has 54 valence electrons. The van der Waals surface area contributed by atoms with Crippen LogP contribution in [0.4, 0.5) is 0 Å². The van der Waals surface area contributed by atoms with Gasteiger partial charge in [0.05, 0.1) is 6.61 Å². The molecule has 0 bridgehead atoms. The van der Waals surface area contributed by atoms with E-state index in [4.69, 9.17) is 4.74 Å². The van der Waals surface area contributed by atoms with Crippen LogP contribution in [0.5, 0.6) is 0 Å². The Morgan fingerprint density at radius 2 is 2.20 bits per heavy atom. The summed E-state index contributed by atoms with van der Waals surface area (Å²) in [5, 5.41) is 0. The van der Waals surface area contributed by atoms with E-state index in [1.807, 2.05) is 0 Å². The van der Waals surface area contributed by atoms with E-state index in [1.54, 1.807) is 0 Å². The topological polar surface area (TPSA) is 9.23 Å². The Balaban J connectivity index is 0. The molecular weight excluding hydrogens is 191 g/mol. The van der Waals surface area contributed by atoms with Crippen molar-refractivity contribution in [2.24, 2.45) is 5.92 Å². The zero-order valence-corrected chi connectivity index (χ0v) is 11.5. The van der Waals surface area contributed by atoms with Gasteiger partial charge in [-0.15, -0.1) is 0 Å². The summed E-state index contributed by atoms with van der Waals surface area (Å²) in [5.74, 6) is 0.561. The van der Waals surface area contributed by atoms with E-state index in [1.165, 1.54) is 0 Å². The van der Waals surface area contributed by atoms with Crippen LogP contribution < -0.4 is 51.4 Å². The van der Waals surface area contributed by atoms with Crippen molar-refractivity contribution >= 4 is 29.2 Å². The molecule has 1 nitrogen and oxygen atoms in total. The minimum atomic E-state index is 0. The van der Waals surface area contributed by atoms with Crippen LogP contribution in [-0.2, 0) is 17.4 Å². The molecule has 0 fully saturated rings. The Labute approximate surface area is 116 Å². The maximum atomic E-state index is 4.94. The van der Waals surface area contributed by atoms with Gasteiger partial charge in [0.1, 0.15) is 0 Å². The van der Waals surface area contributed by atoms with Gasteiger partial charge in [-0.25, -0.2) is 0 Å². The molecule has 0 aliphatic carbocycles. The second-order valence-corrected chi connectivity index (χ2v) is 3.07. The largest absolute Gasteiger partial charge is 1.00 e. The van der Waals surface area contributed by atoms with Gasteiger partial charge in [0, 0.05) is 4.38 Å². The standard InChI is InChI=1S/C6H12OS2.K/c1-3-5(2)4-7-6(8)9;/h5H,3-4H2,1-2H3,(H,8,9);/q;+1/p-1. The van der Waals surface area contributed by atoms with Crippen LogP contribution >= 0.6 is 12.2 Å². The van der Waals surface area contributed by atoms with Crippen molar-refractivity contribution in [2.75, 3.05) is 6.61 Å². The second-order valence-electron chi connectivity index (χ2n) is 2.07. The average molecular weight is 202 g/mol. The first-order valence-electron chi connectivity index (χ1n) is 3.00. The van der Waals surface area contributed by atoms with Gasteiger partial charge in [0.25, 0.3) is 0 Å². The van der Waals surface area contributed by atoms with Crippen molar-refractivity contribution in [3.8, 4) is 0 Å². The average Bonchev–Trinajstić information content (AvgIpc) is 1.83. The molecule has 0 amide bonds. The van der Waals surface area contributed by atoms with Gasteiger partial charge in [0.2, 0.25) is 0 Å². The molecule has 4 heteroatoms. The Morgan fingerprint density at radius 3 is 2.50 bits per heavy atom. The number of ether oxygens (including phenoxy) is 1. The molecule has 0 saturated heterocycles. The van der Waals surface area contributed by atoms with E-state index in [2.05, 4.69) is 38.7 Å². The predicted octanol–water partition coefficient (Wildman–Crippen LogP) is -1.12. The summed E-state index contributed by atoms with van der Waals surface area (Å²) in [5.41, 5.74) is 0. The second kappa shape index (κ2) is 8.84. The van der Waals surface area contributed by atoms with Gasteiger partial charge >= 0.3 is 51.4 Å². The van der Waals surface area contributed by atoms with Crippen molar-refractivity contribution in [2.45, 2.75) is 20.3 Å². The zero-order valence-electron chi connectivity index (χ0n) is 6.72. The predicted molar refractivity (Wildman–Crippen MR) is 45.4 cm³/mol. The number of hydrogen-bond acceptors (Lipinski definition) is 3. The summed E-state index contributed by atoms with van der Waals surface area (Å²) in [7, 11) is 0. The fourth-order valence-electron chi connectivity index (χ4n) is 0.328. The Morgan fingerprint density at radius 1 is 1.70 bits per heavy atom. The van der Waals surface area contributed by atoms with E-state index in [9.17, 15) is 0 Å². The molecule has 10 heavy (non-hydrogen) atoms. The van der Waals surface area contributed by atoms with Gasteiger partial charge in [0.15, 0.2) is 0 Å². The summed E-state index contributed by atoms with van der Waals surface area (Å²) in [6.45, 7) is 4.88. The molecule has 0 aromatic carbocycles. The molecule has 0 aromatic rings. The molecule has 0 radical (unpaired) electrons. The number of rotatable bonds is 3. The van der Waals surface area contributed by atoms with Gasteiger partial charge in [-0.2, -0.15) is 0 Å². The van der Waals surface area contributed by atoms with E-state index in [-0.39, 0.29) is 55.8 Å². The number of thiocarbonyl (C=S) groups is 1. The summed E-state index contributed by atoms with van der Waals surface area (Å²) >= 11 is 9.11. The summed E-state index contributed by atoms with van der Waals surface area (Å²) in [6.07, 6.45) is 1.11. The quantitative estimate of drug-likeness (QED) is 0.326. The van der Waals surface area contributed by atoms with Crippen LogP contribution in [-0.4, -0.2) is 11.0 Å². The number of hydrogen-bond donors (Lipinski definition) is 0. The van der Waals surface area contributed by atoms with Crippen molar-refractivity contribution in [3.63, 3.8) is 0 Å². The SMILES string of the molecule is CCC(C)COC(=S)[S-].[K+]. The Hall–Kier alpha value is 1.75. The van der Waals surface area contributed by atoms with Gasteiger partial charge in [-0.1, -0.05) is 20.3 Å². The third-order valence-corrected chi connectivity index (χ3v) is 1.42. The fraction of sp³-hybridized carbons (Fsp3) is 0.833. The van der Waals surface area contributed by atoms with Crippen LogP contribution in [0, 0.1) is 5.92 Å². The molecule has 0 saturated carbocycles. The van der Waals surface area contributed by atoms with Crippen LogP contribution in [0.25, 0.3) is 0 Å². The van der Waals surface area contributed by atoms with Crippen molar-refractivity contribution in [1.82, 2.24) is 0 Å². The minimum absolute atomic E-state index is 0. The van der Waals surface area contributed by atoms with Crippen molar-refractivity contribution < 1.29 is 56.1 Å². The third kappa shape index (κ3) is 9.75. The van der Waals surface area contributed by atoms with Crippen molar-refractivity contribution in [3.05, 3.63) is 0 Å². The zero-order chi connectivity index (χ0) is 7.28. The van der Waals surface area contributed by atoms with E-state index in [0.717, 1.165) is 6.42 Å². The molecule has 0 heterocycles. The smallest absolute Gasteiger partial charge is 0.513 e. The first-order chi connectivity index (χ1) is 4.16. The van der Waals surface area contributed by atoms with E-state index in [0.29, 0.717) is 12.5 Å². The molecule has 0 N–H and O–H groups in total. The summed E-state index contributed by atoms with van der Waals surface area (Å²) < 4.78 is 5.17. The summed E-state index contributed by atoms with van der Waals surface area (Å²) in [4.78, 5) is 0. The molecule has 0 aromatic heterocycles. The van der Waals surface area contributed by atoms with Gasteiger partial charge in [-0.05, 0) is 5.92 Å². The molecule has 0 spiro atoms. The maximum absolute atomic E-state index is 4.94. The van der Waals surface area contributed by atoms with Crippen LogP contribution in [0.1, 0.15) is 20.3 Å². The molecule has 0 aliphatic heterocycles. The monoisotopic (exact) mass is 202 g/mol. The Kier molecular flexibility index (Phi) is 12.6. The molecule has 0 aliphatic rings. The first-order valence-corrected chi connectivity index (χ1v) is 3.82. The van der Waals surface area contributed by atoms with Crippen LogP contribution in [0.15, 0.2) is 0 Å².